The highest BCUT2D eigenvalue weighted by Gasteiger charge is 2.48. The third kappa shape index (κ3) is 6.91. The fourth-order valence-electron chi connectivity index (χ4n) is 5.84. The molecule has 0 aliphatic carbocycles. The van der Waals surface area contributed by atoms with Crippen molar-refractivity contribution in [3.63, 3.8) is 0 Å². The zero-order valence-corrected chi connectivity index (χ0v) is 27.1. The van der Waals surface area contributed by atoms with E-state index >= 15 is 0 Å². The Morgan fingerprint density at radius 1 is 0.933 bits per heavy atom. The van der Waals surface area contributed by atoms with Gasteiger partial charge in [-0.05, 0) is 67.8 Å². The highest BCUT2D eigenvalue weighted by molar-refractivity contribution is 7.59. The first-order valence-corrected chi connectivity index (χ1v) is 14.3. The van der Waals surface area contributed by atoms with Crippen LogP contribution in [0.5, 0.6) is 0 Å². The predicted molar refractivity (Wildman–Crippen MR) is 177 cm³/mol. The molecule has 3 aromatic carbocycles. The molecule has 0 N–H and O–H groups in total. The summed E-state index contributed by atoms with van der Waals surface area (Å²) in [6.45, 7) is 6.03. The molecule has 0 fully saturated rings. The second kappa shape index (κ2) is 14.6. The van der Waals surface area contributed by atoms with Gasteiger partial charge in [0.15, 0.2) is 0 Å². The summed E-state index contributed by atoms with van der Waals surface area (Å²) < 4.78 is 56.5. The highest BCUT2D eigenvalue weighted by atomic mass is 32.1. The monoisotopic (exact) mass is 660 g/mol. The molecule has 12 heteroatoms. The summed E-state index contributed by atoms with van der Waals surface area (Å²) in [5.41, 5.74) is 1.53. The summed E-state index contributed by atoms with van der Waals surface area (Å²) in [6.07, 6.45) is -3.58. The Morgan fingerprint density at radius 3 is 2.20 bits per heavy atom. The maximum absolute atomic E-state index is 14.6. The summed E-state index contributed by atoms with van der Waals surface area (Å²) in [5.74, 6) is -1.72. The average molecular weight is 661 g/mol. The summed E-state index contributed by atoms with van der Waals surface area (Å²) in [4.78, 5) is 31.7. The lowest BCUT2D eigenvalue weighted by Gasteiger charge is -2.43. The SMILES string of the molecule is CCCN1C(=O)[C@@H](N(CCC)C(=O)c2cccc(C(F)(F)F)c2)[C@@H](c2ccc(F)cc2)c2c(C)nn(-c3ccccc3)c21.S.S. The van der Waals surface area contributed by atoms with Gasteiger partial charge in [-0.2, -0.15) is 45.3 Å². The first-order valence-electron chi connectivity index (χ1n) is 14.3. The molecule has 0 radical (unpaired) electrons. The van der Waals surface area contributed by atoms with E-state index in [-0.39, 0.29) is 45.0 Å². The first-order chi connectivity index (χ1) is 20.6. The van der Waals surface area contributed by atoms with E-state index in [0.29, 0.717) is 42.0 Å². The van der Waals surface area contributed by atoms with E-state index in [1.165, 1.54) is 29.2 Å². The molecule has 2 atom stereocenters. The summed E-state index contributed by atoms with van der Waals surface area (Å²) in [6, 6.07) is 18.2. The molecule has 6 nitrogen and oxygen atoms in total. The lowest BCUT2D eigenvalue weighted by atomic mass is 9.80. The van der Waals surface area contributed by atoms with E-state index in [9.17, 15) is 27.2 Å². The van der Waals surface area contributed by atoms with E-state index in [2.05, 4.69) is 0 Å². The lowest BCUT2D eigenvalue weighted by molar-refractivity contribution is -0.137. The van der Waals surface area contributed by atoms with Crippen molar-refractivity contribution in [1.29, 1.82) is 0 Å². The van der Waals surface area contributed by atoms with Gasteiger partial charge in [0.25, 0.3) is 11.8 Å². The minimum Gasteiger partial charge on any atom is -0.326 e. The molecule has 0 bridgehead atoms. The van der Waals surface area contributed by atoms with Gasteiger partial charge in [-0.15, -0.1) is 0 Å². The fourth-order valence-corrected chi connectivity index (χ4v) is 5.84. The van der Waals surface area contributed by atoms with Gasteiger partial charge in [0.05, 0.1) is 16.9 Å². The van der Waals surface area contributed by atoms with Crippen LogP contribution < -0.4 is 4.90 Å². The second-order valence-electron chi connectivity index (χ2n) is 10.6. The topological polar surface area (TPSA) is 58.4 Å². The summed E-state index contributed by atoms with van der Waals surface area (Å²) >= 11 is 0. The predicted octanol–water partition coefficient (Wildman–Crippen LogP) is 7.37. The maximum Gasteiger partial charge on any atom is 0.416 e. The van der Waals surface area contributed by atoms with Gasteiger partial charge in [-0.3, -0.25) is 14.5 Å². The molecule has 1 aromatic heterocycles. The smallest absolute Gasteiger partial charge is 0.326 e. The van der Waals surface area contributed by atoms with Crippen molar-refractivity contribution in [2.75, 3.05) is 18.0 Å². The van der Waals surface area contributed by atoms with Crippen molar-refractivity contribution >= 4 is 44.6 Å². The van der Waals surface area contributed by atoms with Crippen molar-refractivity contribution in [2.24, 2.45) is 0 Å². The minimum atomic E-state index is -4.64. The molecule has 0 saturated heterocycles. The van der Waals surface area contributed by atoms with E-state index in [1.54, 1.807) is 21.7 Å². The molecular formula is C33H36F4N4O2S2. The van der Waals surface area contributed by atoms with Crippen molar-refractivity contribution in [3.8, 4) is 5.69 Å². The molecular weight excluding hydrogens is 625 g/mol. The van der Waals surface area contributed by atoms with Gasteiger partial charge in [0.2, 0.25) is 0 Å². The molecule has 2 heterocycles. The number of anilines is 1. The van der Waals surface area contributed by atoms with Crippen LogP contribution in [0.25, 0.3) is 5.69 Å². The zero-order chi connectivity index (χ0) is 30.9. The van der Waals surface area contributed by atoms with Gasteiger partial charge in [-0.1, -0.05) is 50.2 Å². The highest BCUT2D eigenvalue weighted by Crippen LogP contribution is 2.45. The Labute approximate surface area is 273 Å². The van der Waals surface area contributed by atoms with Crippen molar-refractivity contribution in [3.05, 3.63) is 113 Å². The quantitative estimate of drug-likeness (QED) is 0.186. The molecule has 45 heavy (non-hydrogen) atoms. The van der Waals surface area contributed by atoms with Crippen molar-refractivity contribution in [2.45, 2.75) is 51.7 Å². The standard InChI is InChI=1S/C33H32F4N4O2.2H2S/c1-4-18-39(31(42)23-10-9-11-24(20-23)33(35,36)37)29-28(22-14-16-25(34)17-15-22)27-21(3)38-41(26-12-7-6-8-13-26)30(27)40(19-5-2)32(29)43;;/h6-17,20,28-29H,4-5,18-19H2,1-3H3;2*1H2/t28-,29-;;/m0../s1. The molecule has 5 rings (SSSR count). The number of amides is 2. The number of para-hydroxylation sites is 1. The number of aryl methyl sites for hydroxylation is 1. The van der Waals surface area contributed by atoms with Gasteiger partial charge in [0, 0.05) is 30.1 Å². The number of fused-ring (bicyclic) bond motifs is 1. The summed E-state index contributed by atoms with van der Waals surface area (Å²) in [5, 5.41) is 4.82. The number of benzene rings is 3. The van der Waals surface area contributed by atoms with E-state index < -0.39 is 35.4 Å². The number of hydrogen-bond donors (Lipinski definition) is 0. The largest absolute Gasteiger partial charge is 0.416 e. The molecule has 0 saturated carbocycles. The number of halogens is 4. The fraction of sp³-hybridized carbons (Fsp3) is 0.303. The van der Waals surface area contributed by atoms with Crippen LogP contribution in [0.4, 0.5) is 23.4 Å². The van der Waals surface area contributed by atoms with E-state index in [1.807, 2.05) is 51.1 Å². The van der Waals surface area contributed by atoms with Crippen LogP contribution in [0.2, 0.25) is 0 Å². The third-order valence-corrected chi connectivity index (χ3v) is 7.66. The minimum absolute atomic E-state index is 0. The Bertz CT molecular complexity index is 1630. The Hall–Kier alpha value is -3.77. The second-order valence-corrected chi connectivity index (χ2v) is 10.6. The normalized spacial score (nSPS) is 16.0. The Morgan fingerprint density at radius 2 is 1.60 bits per heavy atom. The number of rotatable bonds is 8. The number of nitrogens with zero attached hydrogens (tertiary/aromatic N) is 4. The third-order valence-electron chi connectivity index (χ3n) is 7.66. The molecule has 0 unspecified atom stereocenters. The Balaban J connectivity index is 0.00000276. The zero-order valence-electron chi connectivity index (χ0n) is 25.1. The molecule has 2 amide bonds. The number of aromatic nitrogens is 2. The van der Waals surface area contributed by atoms with Crippen LogP contribution in [0.1, 0.15) is 65.3 Å². The molecule has 1 aliphatic heterocycles. The number of alkyl halides is 3. The molecule has 1 aliphatic rings. The van der Waals surface area contributed by atoms with Crippen LogP contribution >= 0.6 is 27.0 Å². The van der Waals surface area contributed by atoms with Gasteiger partial charge < -0.3 is 4.90 Å². The number of carbonyl (C=O) groups excluding carboxylic acids is 2. The van der Waals surface area contributed by atoms with Gasteiger partial charge >= 0.3 is 6.18 Å². The van der Waals surface area contributed by atoms with Crippen LogP contribution in [0.15, 0.2) is 78.9 Å². The molecule has 0 spiro atoms. The van der Waals surface area contributed by atoms with Crippen molar-refractivity contribution in [1.82, 2.24) is 14.7 Å². The number of carbonyl (C=O) groups is 2. The van der Waals surface area contributed by atoms with Crippen LogP contribution in [-0.2, 0) is 11.0 Å². The number of hydrogen-bond acceptors (Lipinski definition) is 3. The average Bonchev–Trinajstić information content (AvgIpc) is 3.34. The molecule has 240 valence electrons. The van der Waals surface area contributed by atoms with Crippen LogP contribution in [0.3, 0.4) is 0 Å². The maximum atomic E-state index is 14.6. The molecule has 4 aromatic rings. The lowest BCUT2D eigenvalue weighted by Crippen LogP contribution is -2.57. The van der Waals surface area contributed by atoms with E-state index in [4.69, 9.17) is 5.10 Å². The Kier molecular flexibility index (Phi) is 11.5. The van der Waals surface area contributed by atoms with Crippen LogP contribution in [-0.4, -0.2) is 45.6 Å². The van der Waals surface area contributed by atoms with E-state index in [0.717, 1.165) is 17.8 Å². The van der Waals surface area contributed by atoms with Crippen molar-refractivity contribution < 1.29 is 27.2 Å². The summed E-state index contributed by atoms with van der Waals surface area (Å²) in [7, 11) is 0. The van der Waals surface area contributed by atoms with Gasteiger partial charge in [0.1, 0.15) is 17.7 Å². The van der Waals surface area contributed by atoms with Gasteiger partial charge in [-0.25, -0.2) is 9.07 Å². The first kappa shape index (κ1) is 35.7. The van der Waals surface area contributed by atoms with Crippen LogP contribution in [0, 0.1) is 12.7 Å².